The quantitative estimate of drug-likeness (QED) is 0.722. The number of benzene rings is 1. The molecule has 0 amide bonds. The average molecular weight is 207 g/mol. The largest absolute Gasteiger partial charge is 0.507 e. The van der Waals surface area contributed by atoms with Gasteiger partial charge in [-0.25, -0.2) is 9.78 Å². The van der Waals surface area contributed by atoms with Gasteiger partial charge in [-0.3, -0.25) is 0 Å². The van der Waals surface area contributed by atoms with Crippen molar-refractivity contribution in [1.29, 1.82) is 0 Å². The predicted octanol–water partition coefficient (Wildman–Crippen LogP) is 0.814. The summed E-state index contributed by atoms with van der Waals surface area (Å²) < 4.78 is 0. The molecule has 2 aromatic rings. The molecule has 4 N–H and O–H groups in total. The van der Waals surface area contributed by atoms with Crippen LogP contribution in [0.4, 0.5) is 0 Å². The Hall–Kier alpha value is -2.14. The van der Waals surface area contributed by atoms with Gasteiger partial charge in [0.25, 0.3) is 0 Å². The number of aromatic nitrogens is 1. The van der Waals surface area contributed by atoms with Crippen LogP contribution >= 0.6 is 0 Å². The summed E-state index contributed by atoms with van der Waals surface area (Å²) in [7, 11) is 0. The van der Waals surface area contributed by atoms with E-state index >= 15 is 0 Å². The number of carboxylic acids is 1. The van der Waals surface area contributed by atoms with E-state index in [0.29, 0.717) is 10.9 Å². The second kappa shape index (κ2) is 3.93. The zero-order valence-corrected chi connectivity index (χ0v) is 7.64. The van der Waals surface area contributed by atoms with Crippen LogP contribution in [0.5, 0.6) is 5.75 Å². The second-order valence-electron chi connectivity index (χ2n) is 2.85. The van der Waals surface area contributed by atoms with Crippen molar-refractivity contribution >= 4 is 16.9 Å². The van der Waals surface area contributed by atoms with Gasteiger partial charge in [0, 0.05) is 11.5 Å². The summed E-state index contributed by atoms with van der Waals surface area (Å²) in [5, 5.41) is 18.7. The van der Waals surface area contributed by atoms with E-state index < -0.39 is 5.97 Å². The minimum atomic E-state index is -1.15. The maximum Gasteiger partial charge on any atom is 0.354 e. The summed E-state index contributed by atoms with van der Waals surface area (Å²) in [4.78, 5) is 14.5. The number of aromatic hydroxyl groups is 1. The third-order valence-corrected chi connectivity index (χ3v) is 1.91. The van der Waals surface area contributed by atoms with Gasteiger partial charge in [0.15, 0.2) is 5.69 Å². The molecule has 5 nitrogen and oxygen atoms in total. The van der Waals surface area contributed by atoms with Crippen molar-refractivity contribution in [2.75, 3.05) is 0 Å². The molecule has 0 saturated carbocycles. The molecule has 0 radical (unpaired) electrons. The normalized spacial score (nSPS) is 9.60. The van der Waals surface area contributed by atoms with Crippen molar-refractivity contribution < 1.29 is 20.5 Å². The summed E-state index contributed by atoms with van der Waals surface area (Å²) in [6.45, 7) is 0. The van der Waals surface area contributed by atoms with Gasteiger partial charge in [0.2, 0.25) is 0 Å². The predicted molar refractivity (Wildman–Crippen MR) is 54.0 cm³/mol. The highest BCUT2D eigenvalue weighted by Crippen LogP contribution is 2.23. The molecule has 0 fully saturated rings. The lowest BCUT2D eigenvalue weighted by molar-refractivity contribution is 0.0690. The Morgan fingerprint density at radius 1 is 1.27 bits per heavy atom. The summed E-state index contributed by atoms with van der Waals surface area (Å²) in [5.41, 5.74) is 0.325. The molecule has 0 aliphatic carbocycles. The van der Waals surface area contributed by atoms with Crippen LogP contribution in [-0.4, -0.2) is 26.6 Å². The SMILES string of the molecule is O.O=C(O)c1cc(O)c2ccccc2n1. The molecule has 2 rings (SSSR count). The monoisotopic (exact) mass is 207 g/mol. The number of rotatable bonds is 1. The summed E-state index contributed by atoms with van der Waals surface area (Å²) in [5.74, 6) is -1.21. The molecule has 0 aliphatic rings. The molecule has 0 bridgehead atoms. The molecule has 0 unspecified atom stereocenters. The van der Waals surface area contributed by atoms with Crippen molar-refractivity contribution in [1.82, 2.24) is 4.98 Å². The first-order valence-electron chi connectivity index (χ1n) is 4.00. The van der Waals surface area contributed by atoms with Gasteiger partial charge in [0.1, 0.15) is 5.75 Å². The Kier molecular flexibility index (Phi) is 2.87. The number of hydrogen-bond donors (Lipinski definition) is 2. The van der Waals surface area contributed by atoms with Crippen LogP contribution in [0.15, 0.2) is 30.3 Å². The van der Waals surface area contributed by atoms with E-state index in [9.17, 15) is 9.90 Å². The minimum Gasteiger partial charge on any atom is -0.507 e. The lowest BCUT2D eigenvalue weighted by Crippen LogP contribution is -1.99. The van der Waals surface area contributed by atoms with Gasteiger partial charge in [0.05, 0.1) is 5.52 Å². The van der Waals surface area contributed by atoms with Crippen LogP contribution in [0.25, 0.3) is 10.9 Å². The van der Waals surface area contributed by atoms with Crippen LogP contribution in [0, 0.1) is 0 Å². The van der Waals surface area contributed by atoms with Crippen molar-refractivity contribution in [2.24, 2.45) is 0 Å². The third kappa shape index (κ3) is 1.87. The van der Waals surface area contributed by atoms with Gasteiger partial charge in [-0.15, -0.1) is 0 Å². The van der Waals surface area contributed by atoms with Crippen LogP contribution in [0.1, 0.15) is 10.5 Å². The number of carboxylic acid groups (broad SMARTS) is 1. The Labute approximate surface area is 84.9 Å². The molecule has 78 valence electrons. The van der Waals surface area contributed by atoms with E-state index in [2.05, 4.69) is 4.98 Å². The molecule has 5 heteroatoms. The van der Waals surface area contributed by atoms with Crippen LogP contribution in [0.3, 0.4) is 0 Å². The first kappa shape index (κ1) is 10.9. The van der Waals surface area contributed by atoms with Crippen molar-refractivity contribution in [3.8, 4) is 5.75 Å². The van der Waals surface area contributed by atoms with E-state index in [1.165, 1.54) is 0 Å². The fraction of sp³-hybridized carbons (Fsp3) is 0. The molecule has 0 saturated heterocycles. The summed E-state index contributed by atoms with van der Waals surface area (Å²) in [6, 6.07) is 7.97. The molecule has 1 aromatic heterocycles. The highest BCUT2D eigenvalue weighted by Gasteiger charge is 2.08. The first-order chi connectivity index (χ1) is 6.68. The fourth-order valence-corrected chi connectivity index (χ4v) is 1.27. The standard InChI is InChI=1S/C10H7NO3.H2O/c12-9-5-8(10(13)14)11-7-4-2-1-3-6(7)9;/h1-5H,(H,11,12)(H,13,14);1H2. The number of fused-ring (bicyclic) bond motifs is 1. The number of aromatic carboxylic acids is 1. The molecule has 0 aliphatic heterocycles. The molecule has 15 heavy (non-hydrogen) atoms. The maximum atomic E-state index is 10.6. The topological polar surface area (TPSA) is 102 Å². The van der Waals surface area contributed by atoms with Crippen molar-refractivity contribution in [3.63, 3.8) is 0 Å². The Bertz CT molecular complexity index is 510. The Morgan fingerprint density at radius 2 is 1.93 bits per heavy atom. The lowest BCUT2D eigenvalue weighted by Gasteiger charge is -2.01. The van der Waals surface area contributed by atoms with E-state index in [0.717, 1.165) is 6.07 Å². The van der Waals surface area contributed by atoms with E-state index in [1.54, 1.807) is 24.3 Å². The molecule has 0 atom stereocenters. The van der Waals surface area contributed by atoms with E-state index in [-0.39, 0.29) is 16.9 Å². The smallest absolute Gasteiger partial charge is 0.354 e. The Balaban J connectivity index is 0.00000112. The molecule has 0 spiro atoms. The zero-order valence-electron chi connectivity index (χ0n) is 7.64. The van der Waals surface area contributed by atoms with Crippen LogP contribution < -0.4 is 0 Å². The molecule has 1 heterocycles. The lowest BCUT2D eigenvalue weighted by atomic mass is 10.2. The number of nitrogens with zero attached hydrogens (tertiary/aromatic N) is 1. The Morgan fingerprint density at radius 3 is 2.60 bits per heavy atom. The van der Waals surface area contributed by atoms with E-state index in [1.807, 2.05) is 0 Å². The van der Waals surface area contributed by atoms with Crippen molar-refractivity contribution in [3.05, 3.63) is 36.0 Å². The highest BCUT2D eigenvalue weighted by molar-refractivity contribution is 5.92. The number of pyridine rings is 1. The van der Waals surface area contributed by atoms with Gasteiger partial charge >= 0.3 is 5.97 Å². The maximum absolute atomic E-state index is 10.6. The van der Waals surface area contributed by atoms with E-state index in [4.69, 9.17) is 5.11 Å². The molecular formula is C10H9NO4. The molecule has 1 aromatic carbocycles. The first-order valence-corrected chi connectivity index (χ1v) is 4.00. The number of hydrogen-bond acceptors (Lipinski definition) is 3. The molecular weight excluding hydrogens is 198 g/mol. The fourth-order valence-electron chi connectivity index (χ4n) is 1.27. The minimum absolute atomic E-state index is 0. The van der Waals surface area contributed by atoms with Crippen LogP contribution in [0.2, 0.25) is 0 Å². The average Bonchev–Trinajstić information content (AvgIpc) is 2.17. The third-order valence-electron chi connectivity index (χ3n) is 1.91. The van der Waals surface area contributed by atoms with Gasteiger partial charge in [-0.2, -0.15) is 0 Å². The van der Waals surface area contributed by atoms with Gasteiger partial charge < -0.3 is 15.7 Å². The number of carbonyl (C=O) groups is 1. The highest BCUT2D eigenvalue weighted by atomic mass is 16.4. The second-order valence-corrected chi connectivity index (χ2v) is 2.85. The number of para-hydroxylation sites is 1. The van der Waals surface area contributed by atoms with Crippen molar-refractivity contribution in [2.45, 2.75) is 0 Å². The van der Waals surface area contributed by atoms with Gasteiger partial charge in [-0.1, -0.05) is 12.1 Å². The zero-order chi connectivity index (χ0) is 10.1. The summed E-state index contributed by atoms with van der Waals surface area (Å²) in [6.07, 6.45) is 0. The van der Waals surface area contributed by atoms with Gasteiger partial charge in [-0.05, 0) is 12.1 Å². The summed E-state index contributed by atoms with van der Waals surface area (Å²) >= 11 is 0. The van der Waals surface area contributed by atoms with Crippen LogP contribution in [-0.2, 0) is 0 Å².